The lowest BCUT2D eigenvalue weighted by atomic mass is 10.2. The molecule has 0 bridgehead atoms. The van der Waals surface area contributed by atoms with Gasteiger partial charge in [-0.1, -0.05) is 30.7 Å². The molecular weight excluding hydrogens is 472 g/mol. The molecule has 1 aliphatic rings. The zero-order valence-corrected chi connectivity index (χ0v) is 20.3. The highest BCUT2D eigenvalue weighted by molar-refractivity contribution is 6.30. The van der Waals surface area contributed by atoms with Crippen LogP contribution in [0.4, 0.5) is 5.69 Å². The first kappa shape index (κ1) is 24.5. The van der Waals surface area contributed by atoms with Crippen molar-refractivity contribution in [1.82, 2.24) is 14.1 Å². The van der Waals surface area contributed by atoms with E-state index in [1.54, 1.807) is 43.3 Å². The summed E-state index contributed by atoms with van der Waals surface area (Å²) >= 11 is 5.99. The van der Waals surface area contributed by atoms with E-state index < -0.39 is 23.3 Å². The minimum absolute atomic E-state index is 0.0866. The summed E-state index contributed by atoms with van der Waals surface area (Å²) in [6.07, 6.45) is 2.41. The minimum atomic E-state index is -0.686. The number of carbonyl (C=O) groups is 1. The summed E-state index contributed by atoms with van der Waals surface area (Å²) in [6, 6.07) is 14.2. The summed E-state index contributed by atoms with van der Waals surface area (Å²) in [5.41, 5.74) is 0.160. The number of halogens is 1. The summed E-state index contributed by atoms with van der Waals surface area (Å²) in [4.78, 5) is 45.2. The van der Waals surface area contributed by atoms with E-state index in [0.29, 0.717) is 23.2 Å². The van der Waals surface area contributed by atoms with Crippen LogP contribution >= 0.6 is 11.6 Å². The van der Waals surface area contributed by atoms with Crippen LogP contribution in [0.15, 0.2) is 63.1 Å². The van der Waals surface area contributed by atoms with Crippen molar-refractivity contribution in [2.24, 2.45) is 16.8 Å². The van der Waals surface area contributed by atoms with Gasteiger partial charge in [-0.15, -0.1) is 0 Å². The molecule has 1 saturated carbocycles. The molecule has 1 fully saturated rings. The van der Waals surface area contributed by atoms with Gasteiger partial charge in [0.1, 0.15) is 5.75 Å². The number of aromatic nitrogens is 3. The zero-order chi connectivity index (χ0) is 24.9. The van der Waals surface area contributed by atoms with Gasteiger partial charge in [0.05, 0.1) is 31.9 Å². The van der Waals surface area contributed by atoms with Gasteiger partial charge in [0.25, 0.3) is 0 Å². The molecule has 0 saturated heterocycles. The van der Waals surface area contributed by atoms with Crippen LogP contribution in [0.25, 0.3) is 0 Å². The van der Waals surface area contributed by atoms with E-state index in [-0.39, 0.29) is 18.7 Å². The number of nitrogens with one attached hydrogen (secondary N) is 1. The zero-order valence-electron chi connectivity index (χ0n) is 19.6. The number of H-pyrrole nitrogens is 1. The fourth-order valence-electron chi connectivity index (χ4n) is 3.51. The van der Waals surface area contributed by atoms with Crippen molar-refractivity contribution in [3.63, 3.8) is 0 Å². The standard InChI is InChI=1S/C25H27ClN4O5/c1-16(22(31)34-2)13-30-24(32)28-23(29(25(30)33)14-17-5-7-19(26)8-6-17)27-20-9-11-21(12-10-20)35-15-18-3-4-18/h5-12,16,18H,3-4,13-15H2,1-2H3,(H,27,28,32)/t16-/m1/s1. The van der Waals surface area contributed by atoms with E-state index in [1.807, 2.05) is 12.1 Å². The third-order valence-corrected chi connectivity index (χ3v) is 6.00. The molecule has 3 aromatic rings. The Bertz CT molecular complexity index is 1370. The lowest BCUT2D eigenvalue weighted by Gasteiger charge is -2.14. The lowest BCUT2D eigenvalue weighted by Crippen LogP contribution is -2.51. The van der Waals surface area contributed by atoms with Crippen LogP contribution in [0.1, 0.15) is 25.3 Å². The number of aromatic amines is 1. The van der Waals surface area contributed by atoms with E-state index in [4.69, 9.17) is 21.1 Å². The molecule has 10 heteroatoms. The van der Waals surface area contributed by atoms with Gasteiger partial charge in [0.2, 0.25) is 5.62 Å². The molecule has 35 heavy (non-hydrogen) atoms. The average Bonchev–Trinajstić information content (AvgIpc) is 3.69. The Balaban J connectivity index is 1.72. The molecule has 0 radical (unpaired) electrons. The van der Waals surface area contributed by atoms with E-state index in [1.165, 1.54) is 24.5 Å². The second kappa shape index (κ2) is 10.8. The average molecular weight is 499 g/mol. The van der Waals surface area contributed by atoms with Gasteiger partial charge >= 0.3 is 17.3 Å². The summed E-state index contributed by atoms with van der Waals surface area (Å²) in [5, 5.41) is 0.568. The monoisotopic (exact) mass is 498 g/mol. The van der Waals surface area contributed by atoms with E-state index >= 15 is 0 Å². The van der Waals surface area contributed by atoms with Crippen molar-refractivity contribution in [3.05, 3.63) is 85.7 Å². The van der Waals surface area contributed by atoms with Crippen molar-refractivity contribution >= 4 is 23.3 Å². The second-order valence-electron chi connectivity index (χ2n) is 8.64. The normalized spacial score (nSPS) is 14.5. The Labute approximate surface area is 206 Å². The number of carbonyl (C=O) groups excluding carboxylic acids is 1. The van der Waals surface area contributed by atoms with Gasteiger partial charge in [-0.2, -0.15) is 0 Å². The number of benzene rings is 2. The molecule has 184 valence electrons. The molecule has 0 spiro atoms. The maximum Gasteiger partial charge on any atom is 0.335 e. The number of ether oxygens (including phenoxy) is 2. The Morgan fingerprint density at radius 2 is 1.80 bits per heavy atom. The Morgan fingerprint density at radius 3 is 2.43 bits per heavy atom. The van der Waals surface area contributed by atoms with Crippen molar-refractivity contribution < 1.29 is 14.3 Å². The first-order valence-corrected chi connectivity index (χ1v) is 11.8. The van der Waals surface area contributed by atoms with Crippen LogP contribution in [-0.4, -0.2) is 33.8 Å². The topological polar surface area (TPSA) is 108 Å². The van der Waals surface area contributed by atoms with Gasteiger partial charge in [-0.3, -0.25) is 14.3 Å². The summed E-state index contributed by atoms with van der Waals surface area (Å²) in [5.74, 6) is 0.183. The lowest BCUT2D eigenvalue weighted by molar-refractivity contribution is -0.145. The van der Waals surface area contributed by atoms with E-state index in [2.05, 4.69) is 9.98 Å². The first-order chi connectivity index (χ1) is 16.8. The van der Waals surface area contributed by atoms with Crippen molar-refractivity contribution in [2.75, 3.05) is 13.7 Å². The van der Waals surface area contributed by atoms with Gasteiger partial charge < -0.3 is 9.47 Å². The third-order valence-electron chi connectivity index (χ3n) is 5.75. The van der Waals surface area contributed by atoms with Gasteiger partial charge in [-0.05, 0) is 60.7 Å². The maximum atomic E-state index is 13.4. The third kappa shape index (κ3) is 6.30. The molecule has 1 aliphatic carbocycles. The van der Waals surface area contributed by atoms with Crippen LogP contribution in [-0.2, 0) is 22.6 Å². The Hall–Kier alpha value is -3.59. The molecule has 2 aromatic carbocycles. The number of rotatable bonds is 9. The summed E-state index contributed by atoms with van der Waals surface area (Å²) < 4.78 is 12.8. The molecule has 1 aromatic heterocycles. The van der Waals surface area contributed by atoms with E-state index in [0.717, 1.165) is 15.9 Å². The minimum Gasteiger partial charge on any atom is -0.493 e. The number of methoxy groups -OCH3 is 1. The summed E-state index contributed by atoms with van der Waals surface area (Å²) in [6.45, 7) is 2.30. The van der Waals surface area contributed by atoms with E-state index in [9.17, 15) is 14.4 Å². The quantitative estimate of drug-likeness (QED) is 0.456. The Morgan fingerprint density at radius 1 is 1.11 bits per heavy atom. The second-order valence-corrected chi connectivity index (χ2v) is 9.08. The fourth-order valence-corrected chi connectivity index (χ4v) is 3.63. The van der Waals surface area contributed by atoms with Gasteiger partial charge in [-0.25, -0.2) is 19.1 Å². The van der Waals surface area contributed by atoms with Gasteiger partial charge in [0, 0.05) is 11.6 Å². The molecule has 9 nitrogen and oxygen atoms in total. The SMILES string of the molecule is COC(=O)[C@H](C)Cn1c(=O)[nH]/c(=N\c2ccc(OCC3CC3)cc2)n(Cc2ccc(Cl)cc2)c1=O. The molecular formula is C25H27ClN4O5. The van der Waals surface area contributed by atoms with Crippen LogP contribution < -0.4 is 21.7 Å². The molecule has 1 N–H and O–H groups in total. The molecule has 4 rings (SSSR count). The highest BCUT2D eigenvalue weighted by Gasteiger charge is 2.22. The number of esters is 1. The van der Waals surface area contributed by atoms with Crippen LogP contribution in [0, 0.1) is 11.8 Å². The predicted octanol–water partition coefficient (Wildman–Crippen LogP) is 2.87. The summed E-state index contributed by atoms with van der Waals surface area (Å²) in [7, 11) is 1.26. The highest BCUT2D eigenvalue weighted by Crippen LogP contribution is 2.29. The van der Waals surface area contributed by atoms with Crippen LogP contribution in [0.2, 0.25) is 5.02 Å². The predicted molar refractivity (Wildman–Crippen MR) is 131 cm³/mol. The molecule has 0 aliphatic heterocycles. The van der Waals surface area contributed by atoms with Crippen LogP contribution in [0.5, 0.6) is 5.75 Å². The van der Waals surface area contributed by atoms with Crippen molar-refractivity contribution in [2.45, 2.75) is 32.9 Å². The molecule has 1 heterocycles. The number of hydrogen-bond donors (Lipinski definition) is 1. The fraction of sp³-hybridized carbons (Fsp3) is 0.360. The van der Waals surface area contributed by atoms with Crippen molar-refractivity contribution in [3.8, 4) is 5.75 Å². The molecule has 0 amide bonds. The number of hydrogen-bond acceptors (Lipinski definition) is 6. The van der Waals surface area contributed by atoms with Gasteiger partial charge in [0.15, 0.2) is 0 Å². The molecule has 0 unspecified atom stereocenters. The molecule has 1 atom stereocenters. The maximum absolute atomic E-state index is 13.4. The van der Waals surface area contributed by atoms with Crippen LogP contribution in [0.3, 0.4) is 0 Å². The highest BCUT2D eigenvalue weighted by atomic mass is 35.5. The Kier molecular flexibility index (Phi) is 7.55. The largest absolute Gasteiger partial charge is 0.493 e. The van der Waals surface area contributed by atoms with Crippen molar-refractivity contribution in [1.29, 1.82) is 0 Å². The number of nitrogens with zero attached hydrogens (tertiary/aromatic N) is 3. The first-order valence-electron chi connectivity index (χ1n) is 11.4. The smallest absolute Gasteiger partial charge is 0.335 e.